The van der Waals surface area contributed by atoms with Gasteiger partial charge in [-0.15, -0.1) is 17.5 Å². The number of alkyl halides is 3. The average molecular weight is 825 g/mol. The monoisotopic (exact) mass is 825 g/mol. The van der Waals surface area contributed by atoms with Gasteiger partial charge in [0.2, 0.25) is 0 Å². The first-order valence-electron chi connectivity index (χ1n) is 16.2. The van der Waals surface area contributed by atoms with E-state index in [1.165, 1.54) is 34.4 Å². The van der Waals surface area contributed by atoms with Gasteiger partial charge in [0, 0.05) is 54.8 Å². The third-order valence-corrected chi connectivity index (χ3v) is 8.77. The van der Waals surface area contributed by atoms with E-state index in [1.54, 1.807) is 6.92 Å². The minimum Gasteiger partial charge on any atom is -0.512 e. The maximum Gasteiger partial charge on any atom is 0.389 e. The summed E-state index contributed by atoms with van der Waals surface area (Å²) in [7, 11) is 0. The van der Waals surface area contributed by atoms with Crippen molar-refractivity contribution in [2.45, 2.75) is 93.7 Å². The summed E-state index contributed by atoms with van der Waals surface area (Å²) >= 11 is 0. The number of carbonyl (C=O) groups is 1. The van der Waals surface area contributed by atoms with E-state index in [-0.39, 0.29) is 43.8 Å². The van der Waals surface area contributed by atoms with Gasteiger partial charge in [0.1, 0.15) is 11.5 Å². The molecule has 0 aliphatic carbocycles. The molecular weight excluding hydrogens is 780 g/mol. The van der Waals surface area contributed by atoms with Crippen molar-refractivity contribution in [2.24, 2.45) is 17.8 Å². The third kappa shape index (κ3) is 8.83. The maximum atomic E-state index is 12.4. The molecule has 255 valence electrons. The SMILES string of the molecule is CCC(CC)C(=O)/C(C)=C(\O)C(CC)CC(F)(F)F.Cc1cc(C)c2cc3c([c-]c2c1)-c1nccc2cc(CC(C)C)cc(c12)O3.[Ir]. The van der Waals surface area contributed by atoms with E-state index >= 15 is 0 Å². The van der Waals surface area contributed by atoms with Gasteiger partial charge in [0.05, 0.1) is 12.2 Å². The molecule has 8 heteroatoms. The molecule has 1 aliphatic heterocycles. The van der Waals surface area contributed by atoms with Crippen molar-refractivity contribution in [2.75, 3.05) is 0 Å². The molecule has 1 aliphatic rings. The molecule has 1 atom stereocenters. The molecule has 0 fully saturated rings. The summed E-state index contributed by atoms with van der Waals surface area (Å²) < 4.78 is 43.6. The largest absolute Gasteiger partial charge is 0.512 e. The van der Waals surface area contributed by atoms with Crippen LogP contribution in [-0.4, -0.2) is 22.1 Å². The fourth-order valence-corrected chi connectivity index (χ4v) is 6.36. The number of ether oxygens (including phenoxy) is 1. The molecule has 47 heavy (non-hydrogen) atoms. The number of aliphatic hydroxyl groups is 1. The predicted molar refractivity (Wildman–Crippen MR) is 180 cm³/mol. The van der Waals surface area contributed by atoms with Gasteiger partial charge < -0.3 is 9.84 Å². The van der Waals surface area contributed by atoms with Crippen molar-refractivity contribution in [3.8, 4) is 22.8 Å². The van der Waals surface area contributed by atoms with Gasteiger partial charge in [-0.05, 0) is 75.5 Å². The first-order valence-corrected chi connectivity index (χ1v) is 16.2. The van der Waals surface area contributed by atoms with Crippen molar-refractivity contribution in [3.05, 3.63) is 76.7 Å². The van der Waals surface area contributed by atoms with Crippen LogP contribution in [0.2, 0.25) is 0 Å². The first kappa shape index (κ1) is 38.2. The number of halogens is 3. The van der Waals surface area contributed by atoms with Crippen molar-refractivity contribution in [1.82, 2.24) is 4.98 Å². The molecular formula is C39H45F3IrNO3-. The summed E-state index contributed by atoms with van der Waals surface area (Å²) in [5.74, 6) is 0.457. The van der Waals surface area contributed by atoms with Gasteiger partial charge in [0.25, 0.3) is 0 Å². The van der Waals surface area contributed by atoms with E-state index in [9.17, 15) is 23.1 Å². The molecule has 0 bridgehead atoms. The van der Waals surface area contributed by atoms with E-state index in [1.807, 2.05) is 20.0 Å². The number of Topliss-reactive ketones (excluding diaryl/α,β-unsaturated/α-hetero) is 1. The molecule has 0 spiro atoms. The fraction of sp³-hybridized carbons (Fsp3) is 0.436. The van der Waals surface area contributed by atoms with Crippen molar-refractivity contribution in [1.29, 1.82) is 0 Å². The second kappa shape index (κ2) is 15.8. The van der Waals surface area contributed by atoms with Crippen LogP contribution in [0.3, 0.4) is 0 Å². The van der Waals surface area contributed by atoms with Gasteiger partial charge in [-0.3, -0.25) is 9.78 Å². The van der Waals surface area contributed by atoms with Crippen LogP contribution in [0, 0.1) is 37.7 Å². The van der Waals surface area contributed by atoms with Crippen LogP contribution in [0.4, 0.5) is 13.2 Å². The molecule has 0 saturated carbocycles. The van der Waals surface area contributed by atoms with Crippen LogP contribution in [0.5, 0.6) is 11.5 Å². The van der Waals surface area contributed by atoms with Crippen molar-refractivity contribution in [3.63, 3.8) is 0 Å². The number of aryl methyl sites for hydroxylation is 2. The van der Waals surface area contributed by atoms with Crippen LogP contribution in [0.15, 0.2) is 53.9 Å². The number of allylic oxidation sites excluding steroid dienone is 2. The number of pyridine rings is 1. The minimum atomic E-state index is -4.34. The molecule has 2 heterocycles. The predicted octanol–water partition coefficient (Wildman–Crippen LogP) is 11.6. The smallest absolute Gasteiger partial charge is 0.389 e. The summed E-state index contributed by atoms with van der Waals surface area (Å²) in [6.07, 6.45) is -1.10. The van der Waals surface area contributed by atoms with Crippen LogP contribution in [0.25, 0.3) is 32.8 Å². The number of hydrogen-bond donors (Lipinski definition) is 1. The summed E-state index contributed by atoms with van der Waals surface area (Å²) in [5, 5.41) is 14.5. The topological polar surface area (TPSA) is 59.4 Å². The van der Waals surface area contributed by atoms with Crippen LogP contribution in [-0.2, 0) is 31.3 Å². The Morgan fingerprint density at radius 3 is 2.23 bits per heavy atom. The summed E-state index contributed by atoms with van der Waals surface area (Å²) in [6.45, 7) is 15.4. The number of benzene rings is 3. The van der Waals surface area contributed by atoms with Gasteiger partial charge in [0.15, 0.2) is 5.78 Å². The van der Waals surface area contributed by atoms with Gasteiger partial charge in [-0.1, -0.05) is 74.9 Å². The molecule has 1 aromatic heterocycles. The Hall–Kier alpha value is -3.22. The molecule has 1 unspecified atom stereocenters. The van der Waals surface area contributed by atoms with Gasteiger partial charge >= 0.3 is 6.18 Å². The Morgan fingerprint density at radius 1 is 0.979 bits per heavy atom. The zero-order valence-electron chi connectivity index (χ0n) is 28.5. The standard InChI is InChI=1S/C25H22NO.C14H23F3O2.Ir/c1-14(2)7-17-10-18-5-6-26-25-21-12-19-9-15(3)8-16(4)20(19)13-22(21)27-23(11-17)24(18)25;1-5-10(6-2)12(18)9(4)13(19)11(7-3)8-14(15,16)17;/h5-6,8-11,13-14H,7H2,1-4H3;10-11,19H,5-8H2,1-4H3;/q-1;;/b;13-9-;. The average Bonchev–Trinajstić information content (AvgIpc) is 2.98. The number of aromatic nitrogens is 1. The van der Waals surface area contributed by atoms with Crippen LogP contribution in [0.1, 0.15) is 83.9 Å². The second-order valence-corrected chi connectivity index (χ2v) is 12.9. The van der Waals surface area contributed by atoms with Gasteiger partial charge in [-0.25, -0.2) is 0 Å². The van der Waals surface area contributed by atoms with E-state index < -0.39 is 24.3 Å². The molecule has 5 rings (SSSR count). The molecule has 4 aromatic rings. The molecule has 4 nitrogen and oxygen atoms in total. The number of aliphatic hydroxyl groups excluding tert-OH is 1. The number of hydrogen-bond acceptors (Lipinski definition) is 4. The summed E-state index contributed by atoms with van der Waals surface area (Å²) in [6, 6.07) is 16.7. The molecule has 3 aromatic carbocycles. The Labute approximate surface area is 290 Å². The Kier molecular flexibility index (Phi) is 12.8. The quantitative estimate of drug-likeness (QED) is 0.0914. The summed E-state index contributed by atoms with van der Waals surface area (Å²) in [5.41, 5.74) is 5.81. The Bertz CT molecular complexity index is 1770. The summed E-state index contributed by atoms with van der Waals surface area (Å²) in [4.78, 5) is 16.7. The molecule has 0 saturated heterocycles. The normalized spacial score (nSPS) is 13.4. The number of nitrogens with zero attached hydrogens (tertiary/aromatic N) is 1. The molecule has 1 N–H and O–H groups in total. The van der Waals surface area contributed by atoms with E-state index in [0.29, 0.717) is 18.8 Å². The molecule has 0 amide bonds. The van der Waals surface area contributed by atoms with Gasteiger partial charge in [-0.2, -0.15) is 13.2 Å². The zero-order valence-corrected chi connectivity index (χ0v) is 30.9. The van der Waals surface area contributed by atoms with E-state index in [2.05, 4.69) is 70.2 Å². The fourth-order valence-electron chi connectivity index (χ4n) is 6.36. The number of rotatable bonds is 9. The molecule has 1 radical (unpaired) electrons. The van der Waals surface area contributed by atoms with Crippen molar-refractivity contribution < 1.29 is 47.9 Å². The first-order chi connectivity index (χ1) is 21.7. The van der Waals surface area contributed by atoms with Crippen LogP contribution >= 0.6 is 0 Å². The van der Waals surface area contributed by atoms with E-state index in [0.717, 1.165) is 39.9 Å². The number of ketones is 1. The van der Waals surface area contributed by atoms with Crippen molar-refractivity contribution >= 4 is 27.3 Å². The number of fused-ring (bicyclic) bond motifs is 3. The zero-order chi connectivity index (χ0) is 33.9. The minimum absolute atomic E-state index is 0. The maximum absolute atomic E-state index is 12.4. The third-order valence-electron chi connectivity index (χ3n) is 8.77. The second-order valence-electron chi connectivity index (χ2n) is 12.9. The Morgan fingerprint density at radius 2 is 1.64 bits per heavy atom. The Balaban J connectivity index is 0.000000269. The van der Waals surface area contributed by atoms with E-state index in [4.69, 9.17) is 9.72 Å². The van der Waals surface area contributed by atoms with Crippen LogP contribution < -0.4 is 4.74 Å². The number of carbonyl (C=O) groups excluding carboxylic acids is 1.